The summed E-state index contributed by atoms with van der Waals surface area (Å²) >= 11 is 0. The van der Waals surface area contributed by atoms with Crippen molar-refractivity contribution in [3.8, 4) is 0 Å². The molecular weight excluding hydrogens is 424 g/mol. The van der Waals surface area contributed by atoms with Gasteiger partial charge in [0.05, 0.1) is 12.2 Å². The van der Waals surface area contributed by atoms with Crippen LogP contribution in [-0.4, -0.2) is 24.5 Å². The van der Waals surface area contributed by atoms with E-state index in [1.165, 1.54) is 84.0 Å². The SMILES string of the molecule is CCCCCCCCCCCCCCCCCOC(=O)C(C)NC(=O)c1ccc(F)cc1F. The van der Waals surface area contributed by atoms with Crippen molar-refractivity contribution in [2.24, 2.45) is 0 Å². The molecular formula is C27H43F2NO3. The summed E-state index contributed by atoms with van der Waals surface area (Å²) in [4.78, 5) is 24.0. The maximum Gasteiger partial charge on any atom is 0.328 e. The highest BCUT2D eigenvalue weighted by Crippen LogP contribution is 2.13. The van der Waals surface area contributed by atoms with Gasteiger partial charge in [-0.1, -0.05) is 96.8 Å². The summed E-state index contributed by atoms with van der Waals surface area (Å²) in [5.74, 6) is -3.06. The second-order valence-electron chi connectivity index (χ2n) is 8.94. The Morgan fingerprint density at radius 1 is 0.818 bits per heavy atom. The normalized spacial score (nSPS) is 11.9. The summed E-state index contributed by atoms with van der Waals surface area (Å²) in [6.07, 6.45) is 19.0. The van der Waals surface area contributed by atoms with Crippen molar-refractivity contribution in [3.05, 3.63) is 35.4 Å². The number of amides is 1. The molecule has 0 saturated heterocycles. The predicted molar refractivity (Wildman–Crippen MR) is 129 cm³/mol. The quantitative estimate of drug-likeness (QED) is 0.169. The zero-order chi connectivity index (χ0) is 24.3. The minimum atomic E-state index is -0.967. The molecule has 0 heterocycles. The van der Waals surface area contributed by atoms with Gasteiger partial charge in [0.1, 0.15) is 17.7 Å². The van der Waals surface area contributed by atoms with Crippen LogP contribution in [-0.2, 0) is 9.53 Å². The van der Waals surface area contributed by atoms with Crippen LogP contribution in [0.25, 0.3) is 0 Å². The van der Waals surface area contributed by atoms with Crippen molar-refractivity contribution in [1.29, 1.82) is 0 Å². The molecule has 0 radical (unpaired) electrons. The number of ether oxygens (including phenoxy) is 1. The molecule has 1 N–H and O–H groups in total. The predicted octanol–water partition coefficient (Wildman–Crippen LogP) is 7.50. The summed E-state index contributed by atoms with van der Waals surface area (Å²) in [6.45, 7) is 4.04. The Morgan fingerprint density at radius 2 is 1.30 bits per heavy atom. The zero-order valence-corrected chi connectivity index (χ0v) is 20.6. The zero-order valence-electron chi connectivity index (χ0n) is 20.6. The van der Waals surface area contributed by atoms with Gasteiger partial charge in [-0.3, -0.25) is 4.79 Å². The van der Waals surface area contributed by atoms with Gasteiger partial charge in [0.15, 0.2) is 0 Å². The number of nitrogens with one attached hydrogen (secondary N) is 1. The van der Waals surface area contributed by atoms with E-state index in [1.807, 2.05) is 0 Å². The van der Waals surface area contributed by atoms with Crippen LogP contribution in [0.2, 0.25) is 0 Å². The van der Waals surface area contributed by atoms with Crippen LogP contribution >= 0.6 is 0 Å². The number of carbonyl (C=O) groups is 2. The molecule has 0 aliphatic carbocycles. The minimum Gasteiger partial charge on any atom is -0.464 e. The Balaban J connectivity index is 1.96. The summed E-state index contributed by atoms with van der Waals surface area (Å²) in [6, 6.07) is 1.78. The molecule has 1 amide bonds. The fourth-order valence-electron chi connectivity index (χ4n) is 3.78. The molecule has 1 aromatic carbocycles. The molecule has 0 saturated carbocycles. The van der Waals surface area contributed by atoms with Crippen molar-refractivity contribution in [2.45, 2.75) is 116 Å². The van der Waals surface area contributed by atoms with Gasteiger partial charge in [0.2, 0.25) is 0 Å². The maximum atomic E-state index is 13.7. The minimum absolute atomic E-state index is 0.307. The van der Waals surface area contributed by atoms with Crippen molar-refractivity contribution in [3.63, 3.8) is 0 Å². The average molecular weight is 468 g/mol. The Morgan fingerprint density at radius 3 is 1.79 bits per heavy atom. The smallest absolute Gasteiger partial charge is 0.328 e. The van der Waals surface area contributed by atoms with Crippen molar-refractivity contribution in [1.82, 2.24) is 5.32 Å². The van der Waals surface area contributed by atoms with E-state index in [0.717, 1.165) is 31.4 Å². The molecule has 1 atom stereocenters. The van der Waals surface area contributed by atoms with Gasteiger partial charge >= 0.3 is 5.97 Å². The molecule has 0 aliphatic rings. The first-order valence-electron chi connectivity index (χ1n) is 12.9. The Bertz CT molecular complexity index is 681. The third-order valence-electron chi connectivity index (χ3n) is 5.87. The first kappa shape index (κ1) is 29.1. The van der Waals surface area contributed by atoms with E-state index in [9.17, 15) is 18.4 Å². The van der Waals surface area contributed by atoms with Crippen LogP contribution in [0.15, 0.2) is 18.2 Å². The van der Waals surface area contributed by atoms with Gasteiger partial charge in [-0.2, -0.15) is 0 Å². The van der Waals surface area contributed by atoms with Gasteiger partial charge in [-0.15, -0.1) is 0 Å². The third kappa shape index (κ3) is 14.0. The highest BCUT2D eigenvalue weighted by Gasteiger charge is 2.20. The molecule has 0 fully saturated rings. The fraction of sp³-hybridized carbons (Fsp3) is 0.704. The number of esters is 1. The lowest BCUT2D eigenvalue weighted by Crippen LogP contribution is -2.40. The summed E-state index contributed by atoms with van der Waals surface area (Å²) in [7, 11) is 0. The molecule has 6 heteroatoms. The van der Waals surface area contributed by atoms with Gasteiger partial charge in [0, 0.05) is 6.07 Å². The molecule has 0 aromatic heterocycles. The van der Waals surface area contributed by atoms with E-state index in [-0.39, 0.29) is 5.56 Å². The Kier molecular flexibility index (Phi) is 16.2. The van der Waals surface area contributed by atoms with E-state index in [4.69, 9.17) is 4.74 Å². The number of carbonyl (C=O) groups excluding carboxylic acids is 2. The first-order valence-corrected chi connectivity index (χ1v) is 12.9. The van der Waals surface area contributed by atoms with Gasteiger partial charge in [0.25, 0.3) is 5.91 Å². The molecule has 4 nitrogen and oxygen atoms in total. The lowest BCUT2D eigenvalue weighted by molar-refractivity contribution is -0.145. The monoisotopic (exact) mass is 467 g/mol. The highest BCUT2D eigenvalue weighted by atomic mass is 19.1. The fourth-order valence-corrected chi connectivity index (χ4v) is 3.78. The summed E-state index contributed by atoms with van der Waals surface area (Å²) in [5.41, 5.74) is -0.307. The van der Waals surface area contributed by atoms with Crippen molar-refractivity contribution < 1.29 is 23.1 Å². The number of unbranched alkanes of at least 4 members (excludes halogenated alkanes) is 14. The lowest BCUT2D eigenvalue weighted by Gasteiger charge is -2.13. The van der Waals surface area contributed by atoms with E-state index in [0.29, 0.717) is 12.7 Å². The summed E-state index contributed by atoms with van der Waals surface area (Å²) in [5, 5.41) is 2.38. The molecule has 0 bridgehead atoms. The van der Waals surface area contributed by atoms with Crippen molar-refractivity contribution in [2.75, 3.05) is 6.61 Å². The van der Waals surface area contributed by atoms with Crippen molar-refractivity contribution >= 4 is 11.9 Å². The van der Waals surface area contributed by atoms with E-state index >= 15 is 0 Å². The van der Waals surface area contributed by atoms with Gasteiger partial charge in [-0.25, -0.2) is 13.6 Å². The van der Waals surface area contributed by atoms with Crippen LogP contribution in [0, 0.1) is 11.6 Å². The number of rotatable bonds is 19. The third-order valence-corrected chi connectivity index (χ3v) is 5.87. The van der Waals surface area contributed by atoms with Crippen LogP contribution in [0.3, 0.4) is 0 Å². The highest BCUT2D eigenvalue weighted by molar-refractivity contribution is 5.96. The standard InChI is InChI=1S/C27H43F2NO3/c1-3-4-5-6-7-8-9-10-11-12-13-14-15-16-17-20-33-27(32)22(2)30-26(31)24-19-18-23(28)21-25(24)29/h18-19,21-22H,3-17,20H2,1-2H3,(H,30,31). The van der Waals surface area contributed by atoms with Gasteiger partial charge < -0.3 is 10.1 Å². The van der Waals surface area contributed by atoms with Crippen LogP contribution in [0.1, 0.15) is 121 Å². The molecule has 0 aliphatic heterocycles. The van der Waals surface area contributed by atoms with Crippen LogP contribution in [0.5, 0.6) is 0 Å². The van der Waals surface area contributed by atoms with Crippen LogP contribution in [0.4, 0.5) is 8.78 Å². The largest absolute Gasteiger partial charge is 0.464 e. The second kappa shape index (κ2) is 18.4. The first-order chi connectivity index (χ1) is 16.0. The number of halogens is 2. The number of benzene rings is 1. The van der Waals surface area contributed by atoms with E-state index in [1.54, 1.807) is 0 Å². The lowest BCUT2D eigenvalue weighted by atomic mass is 10.0. The molecule has 0 spiro atoms. The Labute approximate surface area is 198 Å². The molecule has 188 valence electrons. The van der Waals surface area contributed by atoms with Crippen LogP contribution < -0.4 is 5.32 Å². The maximum absolute atomic E-state index is 13.7. The molecule has 1 aromatic rings. The second-order valence-corrected chi connectivity index (χ2v) is 8.94. The molecule has 1 rings (SSSR count). The Hall–Kier alpha value is -1.98. The van der Waals surface area contributed by atoms with E-state index in [2.05, 4.69) is 12.2 Å². The topological polar surface area (TPSA) is 55.4 Å². The van der Waals surface area contributed by atoms with Gasteiger partial charge in [-0.05, 0) is 25.5 Å². The number of hydrogen-bond donors (Lipinski definition) is 1. The number of hydrogen-bond acceptors (Lipinski definition) is 3. The van der Waals surface area contributed by atoms with E-state index < -0.39 is 29.6 Å². The summed E-state index contributed by atoms with van der Waals surface area (Å²) < 4.78 is 31.8. The molecule has 33 heavy (non-hydrogen) atoms. The average Bonchev–Trinajstić information content (AvgIpc) is 2.78. The molecule has 1 unspecified atom stereocenters.